The van der Waals surface area contributed by atoms with Crippen LogP contribution < -0.4 is 11.3 Å². The van der Waals surface area contributed by atoms with Crippen molar-refractivity contribution < 1.29 is 4.74 Å². The lowest BCUT2D eigenvalue weighted by atomic mass is 9.67. The van der Waals surface area contributed by atoms with Crippen molar-refractivity contribution >= 4 is 0 Å². The first kappa shape index (κ1) is 15.3. The normalized spacial score (nSPS) is 36.9. The van der Waals surface area contributed by atoms with E-state index in [-0.39, 0.29) is 5.60 Å². The molecule has 19 heavy (non-hydrogen) atoms. The Hall–Kier alpha value is -0.120. The molecule has 2 aliphatic rings. The van der Waals surface area contributed by atoms with Crippen molar-refractivity contribution in [2.75, 3.05) is 7.11 Å². The zero-order valence-corrected chi connectivity index (χ0v) is 13.0. The monoisotopic (exact) mass is 268 g/mol. The summed E-state index contributed by atoms with van der Waals surface area (Å²) in [4.78, 5) is 0. The summed E-state index contributed by atoms with van der Waals surface area (Å²) >= 11 is 0. The molecule has 0 aromatic heterocycles. The Bertz CT molecular complexity index is 276. The Kier molecular flexibility index (Phi) is 5.27. The van der Waals surface area contributed by atoms with Gasteiger partial charge in [0.05, 0.1) is 11.6 Å². The van der Waals surface area contributed by atoms with Crippen LogP contribution in [0.25, 0.3) is 0 Å². The molecule has 2 fully saturated rings. The number of nitrogens with one attached hydrogen (secondary N) is 1. The molecule has 0 spiro atoms. The highest BCUT2D eigenvalue weighted by Crippen LogP contribution is 2.42. The highest BCUT2D eigenvalue weighted by Gasteiger charge is 2.44. The Morgan fingerprint density at radius 2 is 1.79 bits per heavy atom. The topological polar surface area (TPSA) is 47.3 Å². The molecule has 4 unspecified atom stereocenters. The minimum atomic E-state index is -0.0159. The molecule has 2 saturated carbocycles. The van der Waals surface area contributed by atoms with E-state index < -0.39 is 0 Å². The lowest BCUT2D eigenvalue weighted by Crippen LogP contribution is -2.59. The Balaban J connectivity index is 2.09. The highest BCUT2D eigenvalue weighted by molar-refractivity contribution is 4.99. The summed E-state index contributed by atoms with van der Waals surface area (Å²) in [6, 6.07) is 0.327. The van der Waals surface area contributed by atoms with Crippen molar-refractivity contribution in [3.8, 4) is 0 Å². The van der Waals surface area contributed by atoms with Gasteiger partial charge < -0.3 is 4.74 Å². The van der Waals surface area contributed by atoms with E-state index in [9.17, 15) is 0 Å². The van der Waals surface area contributed by atoms with Gasteiger partial charge in [0.1, 0.15) is 0 Å². The van der Waals surface area contributed by atoms with Gasteiger partial charge in [-0.15, -0.1) is 0 Å². The number of hydrogen-bond donors (Lipinski definition) is 2. The molecule has 2 rings (SSSR count). The number of rotatable bonds is 4. The van der Waals surface area contributed by atoms with Crippen LogP contribution >= 0.6 is 0 Å². The molecule has 3 N–H and O–H groups in total. The Morgan fingerprint density at radius 3 is 2.32 bits per heavy atom. The van der Waals surface area contributed by atoms with E-state index in [1.807, 2.05) is 7.11 Å². The summed E-state index contributed by atoms with van der Waals surface area (Å²) in [7, 11) is 1.88. The highest BCUT2D eigenvalue weighted by atomic mass is 16.5. The molecule has 0 amide bonds. The summed E-state index contributed by atoms with van der Waals surface area (Å²) in [5.74, 6) is 8.29. The SMILES string of the molecule is COC1(C(NN)C2CCC(C)C(C)C2)CCCCC1. The number of ether oxygens (including phenoxy) is 1. The maximum absolute atomic E-state index is 6.00. The van der Waals surface area contributed by atoms with Gasteiger partial charge in [0, 0.05) is 7.11 Å². The maximum Gasteiger partial charge on any atom is 0.0847 e. The maximum atomic E-state index is 6.00. The first-order valence-corrected chi connectivity index (χ1v) is 8.14. The van der Waals surface area contributed by atoms with Crippen molar-refractivity contribution in [1.29, 1.82) is 0 Å². The van der Waals surface area contributed by atoms with Crippen molar-refractivity contribution in [2.24, 2.45) is 23.6 Å². The van der Waals surface area contributed by atoms with Crippen LogP contribution in [0.4, 0.5) is 0 Å². The van der Waals surface area contributed by atoms with E-state index in [0.29, 0.717) is 12.0 Å². The molecule has 3 nitrogen and oxygen atoms in total. The second-order valence-electron chi connectivity index (χ2n) is 7.00. The number of hydrazine groups is 1. The quantitative estimate of drug-likeness (QED) is 0.608. The average Bonchev–Trinajstić information content (AvgIpc) is 2.44. The van der Waals surface area contributed by atoms with Crippen LogP contribution in [0.5, 0.6) is 0 Å². The predicted molar refractivity (Wildman–Crippen MR) is 79.6 cm³/mol. The van der Waals surface area contributed by atoms with E-state index in [0.717, 1.165) is 11.8 Å². The molecule has 0 saturated heterocycles. The van der Waals surface area contributed by atoms with Gasteiger partial charge in [-0.2, -0.15) is 0 Å². The van der Waals surface area contributed by atoms with Crippen molar-refractivity contribution in [3.05, 3.63) is 0 Å². The van der Waals surface area contributed by atoms with Gasteiger partial charge in [-0.25, -0.2) is 0 Å². The van der Waals surface area contributed by atoms with Crippen LogP contribution in [0.1, 0.15) is 65.2 Å². The molecular weight excluding hydrogens is 236 g/mol. The van der Waals surface area contributed by atoms with Crippen molar-refractivity contribution in [3.63, 3.8) is 0 Å². The third-order valence-corrected chi connectivity index (χ3v) is 5.96. The standard InChI is InChI=1S/C16H32N2O/c1-12-7-8-14(11-13(12)2)15(18-17)16(19-3)9-5-4-6-10-16/h12-15,18H,4-11,17H2,1-3H3. The fourth-order valence-electron chi connectivity index (χ4n) is 4.40. The summed E-state index contributed by atoms with van der Waals surface area (Å²) in [6.07, 6.45) is 10.2. The van der Waals surface area contributed by atoms with E-state index in [2.05, 4.69) is 19.3 Å². The van der Waals surface area contributed by atoms with Gasteiger partial charge in [0.2, 0.25) is 0 Å². The lowest BCUT2D eigenvalue weighted by molar-refractivity contribution is -0.0888. The average molecular weight is 268 g/mol. The van der Waals surface area contributed by atoms with Gasteiger partial charge in [-0.3, -0.25) is 11.3 Å². The lowest BCUT2D eigenvalue weighted by Gasteiger charge is -2.47. The predicted octanol–water partition coefficient (Wildman–Crippen LogP) is 3.24. The van der Waals surface area contributed by atoms with Crippen LogP contribution in [0.15, 0.2) is 0 Å². The number of nitrogens with two attached hydrogens (primary N) is 1. The minimum Gasteiger partial charge on any atom is -0.377 e. The summed E-state index contributed by atoms with van der Waals surface area (Å²) in [6.45, 7) is 4.78. The third kappa shape index (κ3) is 3.14. The van der Waals surface area contributed by atoms with Crippen LogP contribution in [0.2, 0.25) is 0 Å². The van der Waals surface area contributed by atoms with Gasteiger partial charge >= 0.3 is 0 Å². The molecule has 0 heterocycles. The van der Waals surface area contributed by atoms with Gasteiger partial charge in [-0.05, 0) is 43.4 Å². The molecule has 4 atom stereocenters. The largest absolute Gasteiger partial charge is 0.377 e. The Morgan fingerprint density at radius 1 is 1.11 bits per heavy atom. The molecule has 0 aromatic rings. The molecule has 3 heteroatoms. The fraction of sp³-hybridized carbons (Fsp3) is 1.00. The Labute approximate surface area is 118 Å². The first-order valence-electron chi connectivity index (χ1n) is 8.14. The molecular formula is C16H32N2O. The second kappa shape index (κ2) is 6.55. The van der Waals surface area contributed by atoms with Gasteiger partial charge in [0.15, 0.2) is 0 Å². The van der Waals surface area contributed by atoms with Crippen LogP contribution in [-0.2, 0) is 4.74 Å². The fourth-order valence-corrected chi connectivity index (χ4v) is 4.40. The number of hydrogen-bond acceptors (Lipinski definition) is 3. The smallest absolute Gasteiger partial charge is 0.0847 e. The number of methoxy groups -OCH3 is 1. The minimum absolute atomic E-state index is 0.0159. The second-order valence-corrected chi connectivity index (χ2v) is 7.00. The summed E-state index contributed by atoms with van der Waals surface area (Å²) in [5, 5.41) is 0. The summed E-state index contributed by atoms with van der Waals surface area (Å²) < 4.78 is 6.00. The van der Waals surface area contributed by atoms with Crippen LogP contribution in [0.3, 0.4) is 0 Å². The van der Waals surface area contributed by atoms with Crippen LogP contribution in [0, 0.1) is 17.8 Å². The van der Waals surface area contributed by atoms with E-state index in [4.69, 9.17) is 10.6 Å². The van der Waals surface area contributed by atoms with E-state index >= 15 is 0 Å². The van der Waals surface area contributed by atoms with Crippen LogP contribution in [-0.4, -0.2) is 18.8 Å². The zero-order valence-electron chi connectivity index (χ0n) is 13.0. The molecule has 0 aromatic carbocycles. The van der Waals surface area contributed by atoms with Crippen molar-refractivity contribution in [2.45, 2.75) is 76.9 Å². The molecule has 0 aliphatic heterocycles. The molecule has 0 bridgehead atoms. The van der Waals surface area contributed by atoms with Gasteiger partial charge in [-0.1, -0.05) is 39.5 Å². The van der Waals surface area contributed by atoms with Gasteiger partial charge in [0.25, 0.3) is 0 Å². The molecule has 0 radical (unpaired) electrons. The summed E-state index contributed by atoms with van der Waals surface area (Å²) in [5.41, 5.74) is 3.13. The molecule has 112 valence electrons. The zero-order chi connectivity index (χ0) is 13.9. The first-order chi connectivity index (χ1) is 9.13. The van der Waals surface area contributed by atoms with Crippen molar-refractivity contribution in [1.82, 2.24) is 5.43 Å². The van der Waals surface area contributed by atoms with E-state index in [1.165, 1.54) is 51.4 Å². The van der Waals surface area contributed by atoms with E-state index in [1.54, 1.807) is 0 Å². The third-order valence-electron chi connectivity index (χ3n) is 5.96. The molecule has 2 aliphatic carbocycles.